The lowest BCUT2D eigenvalue weighted by molar-refractivity contribution is -0.146. The number of methoxy groups -OCH3 is 2. The molecule has 1 fully saturated rings. The number of hydrogen-bond donors (Lipinski definition) is 1. The minimum atomic E-state index is -0.632. The van der Waals surface area contributed by atoms with E-state index in [-0.39, 0.29) is 54.2 Å². The van der Waals surface area contributed by atoms with E-state index in [2.05, 4.69) is 26.1 Å². The molecule has 1 aromatic carbocycles. The average molecular weight is 845 g/mol. The highest BCUT2D eigenvalue weighted by molar-refractivity contribution is 5.89. The van der Waals surface area contributed by atoms with E-state index in [1.54, 1.807) is 26.2 Å². The second-order valence-corrected chi connectivity index (χ2v) is 17.1. The summed E-state index contributed by atoms with van der Waals surface area (Å²) in [6.45, 7) is 14.9. The van der Waals surface area contributed by atoms with Crippen molar-refractivity contribution in [1.29, 1.82) is 0 Å². The highest BCUT2D eigenvalue weighted by Crippen LogP contribution is 2.31. The number of likely N-dealkylation sites (tertiary alicyclic amines) is 1. The molecular weight excluding hydrogens is 765 g/mol. The Morgan fingerprint density at radius 1 is 0.867 bits per heavy atom. The van der Waals surface area contributed by atoms with Gasteiger partial charge in [-0.1, -0.05) is 78.3 Å². The zero-order valence-corrected chi connectivity index (χ0v) is 39.3. The summed E-state index contributed by atoms with van der Waals surface area (Å²) in [6.07, 6.45) is 2.50. The summed E-state index contributed by atoms with van der Waals surface area (Å²) in [5.41, 5.74) is 0.966. The normalized spacial score (nSPS) is 17.6. The molecular formula is C46H80N6O8. The molecule has 1 aliphatic heterocycles. The van der Waals surface area contributed by atoms with Gasteiger partial charge in [-0.25, -0.2) is 4.99 Å². The van der Waals surface area contributed by atoms with Crippen LogP contribution in [0.2, 0.25) is 0 Å². The minimum Gasteiger partial charge on any atom is -0.379 e. The fourth-order valence-electron chi connectivity index (χ4n) is 8.24. The van der Waals surface area contributed by atoms with Gasteiger partial charge in [-0.15, -0.1) is 0 Å². The lowest BCUT2D eigenvalue weighted by atomic mass is 9.85. The summed E-state index contributed by atoms with van der Waals surface area (Å²) in [5.74, 6) is -1.07. The van der Waals surface area contributed by atoms with Crippen LogP contribution in [0.3, 0.4) is 0 Å². The first-order valence-electron chi connectivity index (χ1n) is 22.1. The van der Waals surface area contributed by atoms with E-state index in [9.17, 15) is 19.2 Å². The van der Waals surface area contributed by atoms with Gasteiger partial charge < -0.3 is 43.9 Å². The Morgan fingerprint density at radius 3 is 2.05 bits per heavy atom. The van der Waals surface area contributed by atoms with E-state index in [0.29, 0.717) is 58.3 Å². The Labute approximate surface area is 362 Å². The van der Waals surface area contributed by atoms with E-state index in [1.165, 1.54) is 0 Å². The topological polar surface area (TPSA) is 143 Å². The van der Waals surface area contributed by atoms with E-state index in [1.807, 2.05) is 94.0 Å². The number of hydrogen-bond acceptors (Lipinski definition) is 9. The number of nitrogens with zero attached hydrogens (tertiary/aromatic N) is 5. The van der Waals surface area contributed by atoms with Crippen LogP contribution in [0.15, 0.2) is 35.3 Å². The van der Waals surface area contributed by atoms with Gasteiger partial charge in [0.2, 0.25) is 17.7 Å². The Kier molecular flexibility index (Phi) is 24.0. The van der Waals surface area contributed by atoms with Gasteiger partial charge in [0.25, 0.3) is 0 Å². The van der Waals surface area contributed by atoms with Gasteiger partial charge >= 0.3 is 0 Å². The Hall–Kier alpha value is -3.59. The number of Topliss-reactive ketones (excluding diaryl/α,β-unsaturated/α-hetero) is 1. The maximum atomic E-state index is 14.4. The predicted octanol–water partition coefficient (Wildman–Crippen LogP) is 4.79. The van der Waals surface area contributed by atoms with Crippen molar-refractivity contribution < 1.29 is 38.1 Å². The van der Waals surface area contributed by atoms with Crippen LogP contribution in [-0.4, -0.2) is 168 Å². The predicted molar refractivity (Wildman–Crippen MR) is 238 cm³/mol. The number of guanidine groups is 1. The highest BCUT2D eigenvalue weighted by Gasteiger charge is 2.43. The lowest BCUT2D eigenvalue weighted by Crippen LogP contribution is -2.55. The molecule has 8 atom stereocenters. The SMILES string of the molecule is CCCOCCOCCNC(=O)[C@@H](CC(=O)[C@H](C)[C@@H](OC)[C@@H]1CCCN1C(=O)C[C@@H](OC)[C@H]([C@@H](C)CC)N(C)C(=O)[C@@H](N=C(N(C)C)N(C)C)C(C)C)Cc1ccccc1. The summed E-state index contributed by atoms with van der Waals surface area (Å²) in [4.78, 5) is 68.6. The first-order chi connectivity index (χ1) is 28.5. The van der Waals surface area contributed by atoms with Crippen molar-refractivity contribution in [2.75, 3.05) is 89.0 Å². The first-order valence-corrected chi connectivity index (χ1v) is 22.1. The van der Waals surface area contributed by atoms with Crippen molar-refractivity contribution in [2.24, 2.45) is 28.7 Å². The van der Waals surface area contributed by atoms with Crippen LogP contribution >= 0.6 is 0 Å². The highest BCUT2D eigenvalue weighted by atomic mass is 16.5. The van der Waals surface area contributed by atoms with E-state index < -0.39 is 36.1 Å². The number of likely N-dealkylation sites (N-methyl/N-ethyl adjacent to an activating group) is 1. The van der Waals surface area contributed by atoms with Crippen molar-refractivity contribution in [1.82, 2.24) is 24.9 Å². The van der Waals surface area contributed by atoms with Crippen LogP contribution in [0.1, 0.15) is 85.6 Å². The maximum Gasteiger partial charge on any atom is 0.247 e. The monoisotopic (exact) mass is 845 g/mol. The van der Waals surface area contributed by atoms with Crippen LogP contribution in [0.4, 0.5) is 0 Å². The Balaban J connectivity index is 2.25. The van der Waals surface area contributed by atoms with Gasteiger partial charge in [0, 0.05) is 87.4 Å². The van der Waals surface area contributed by atoms with E-state index in [4.69, 9.17) is 23.9 Å². The number of rotatable bonds is 27. The number of benzene rings is 1. The molecule has 60 heavy (non-hydrogen) atoms. The molecule has 0 radical (unpaired) electrons. The summed E-state index contributed by atoms with van der Waals surface area (Å²) in [7, 11) is 12.6. The Morgan fingerprint density at radius 2 is 1.50 bits per heavy atom. The molecule has 2 rings (SSSR count). The Bertz CT molecular complexity index is 1450. The summed E-state index contributed by atoms with van der Waals surface area (Å²) in [5, 5.41) is 2.97. The zero-order valence-electron chi connectivity index (χ0n) is 39.3. The summed E-state index contributed by atoms with van der Waals surface area (Å²) >= 11 is 0. The van der Waals surface area contributed by atoms with Gasteiger partial charge in [0.1, 0.15) is 11.8 Å². The van der Waals surface area contributed by atoms with Crippen molar-refractivity contribution in [3.05, 3.63) is 35.9 Å². The number of carbonyl (C=O) groups excluding carboxylic acids is 4. The standard InChI is InChI=1S/C46H80N6O8/c1-14-25-59-27-28-60-26-23-47-44(55)36(29-35-20-17-16-18-21-35)30-38(53)34(6)43(58-13)37-22-19-24-52(37)40(54)31-39(57-12)42(33(5)15-2)51(11)45(56)41(32(3)4)48-46(49(7)8)50(9)10/h16-18,20-21,32-34,36-37,39,41-43H,14-15,19,22-31H2,1-13H3,(H,47,55)/t33-,34-,36+,37-,39+,41-,42-,43+/m0/s1. The average Bonchev–Trinajstić information content (AvgIpc) is 3.71. The molecule has 3 amide bonds. The second-order valence-electron chi connectivity index (χ2n) is 17.1. The fourth-order valence-corrected chi connectivity index (χ4v) is 8.24. The molecule has 1 heterocycles. The molecule has 14 heteroatoms. The number of ether oxygens (including phenoxy) is 4. The van der Waals surface area contributed by atoms with Gasteiger partial charge in [0.15, 0.2) is 5.96 Å². The van der Waals surface area contributed by atoms with Gasteiger partial charge in [0.05, 0.1) is 50.5 Å². The lowest BCUT2D eigenvalue weighted by Gasteiger charge is -2.40. The molecule has 0 saturated carbocycles. The van der Waals surface area contributed by atoms with Crippen molar-refractivity contribution >= 4 is 29.5 Å². The first kappa shape index (κ1) is 52.5. The van der Waals surface area contributed by atoms with Gasteiger partial charge in [-0.3, -0.25) is 19.2 Å². The van der Waals surface area contributed by atoms with Gasteiger partial charge in [-0.2, -0.15) is 0 Å². The molecule has 1 aliphatic rings. The third-order valence-corrected chi connectivity index (χ3v) is 11.7. The minimum absolute atomic E-state index is 0.0214. The number of amides is 3. The van der Waals surface area contributed by atoms with E-state index >= 15 is 0 Å². The van der Waals surface area contributed by atoms with E-state index in [0.717, 1.165) is 24.8 Å². The largest absolute Gasteiger partial charge is 0.379 e. The molecule has 14 nitrogen and oxygen atoms in total. The maximum absolute atomic E-state index is 14.4. The number of carbonyl (C=O) groups is 4. The summed E-state index contributed by atoms with van der Waals surface area (Å²) < 4.78 is 23.2. The van der Waals surface area contributed by atoms with Crippen molar-refractivity contribution in [3.63, 3.8) is 0 Å². The molecule has 0 aliphatic carbocycles. The van der Waals surface area contributed by atoms with Crippen LogP contribution < -0.4 is 5.32 Å². The molecule has 0 aromatic heterocycles. The molecule has 0 unspecified atom stereocenters. The molecule has 0 spiro atoms. The zero-order chi connectivity index (χ0) is 44.9. The number of aliphatic imine (C=N–C) groups is 1. The van der Waals surface area contributed by atoms with Gasteiger partial charge in [-0.05, 0) is 43.1 Å². The smallest absolute Gasteiger partial charge is 0.247 e. The fraction of sp³-hybridized carbons (Fsp3) is 0.761. The quantitative estimate of drug-likeness (QED) is 0.0747. The third-order valence-electron chi connectivity index (χ3n) is 11.7. The van der Waals surface area contributed by atoms with Crippen LogP contribution in [-0.2, 0) is 44.5 Å². The molecule has 342 valence electrons. The van der Waals surface area contributed by atoms with Crippen molar-refractivity contribution in [3.8, 4) is 0 Å². The molecule has 0 bridgehead atoms. The summed E-state index contributed by atoms with van der Waals surface area (Å²) in [6, 6.07) is 8.33. The second kappa shape index (κ2) is 27.4. The number of nitrogens with one attached hydrogen (secondary N) is 1. The molecule has 1 saturated heterocycles. The van der Waals surface area contributed by atoms with Crippen molar-refractivity contribution in [2.45, 2.75) is 117 Å². The third kappa shape index (κ3) is 16.0. The molecule has 1 N–H and O–H groups in total. The van der Waals surface area contributed by atoms with Crippen LogP contribution in [0, 0.1) is 23.7 Å². The van der Waals surface area contributed by atoms with Crippen LogP contribution in [0.5, 0.6) is 0 Å². The van der Waals surface area contributed by atoms with Crippen LogP contribution in [0.25, 0.3) is 0 Å². The molecule has 1 aromatic rings. The number of ketones is 1.